The number of carbonyl (C=O) groups is 1. The van der Waals surface area contributed by atoms with Gasteiger partial charge in [0.25, 0.3) is 6.43 Å². The maximum Gasteiger partial charge on any atom is 0.410 e. The first-order valence-electron chi connectivity index (χ1n) is 8.61. The van der Waals surface area contributed by atoms with E-state index in [0.29, 0.717) is 24.6 Å². The number of nitrogens with zero attached hydrogens (tertiary/aromatic N) is 4. The molecule has 2 aromatic rings. The van der Waals surface area contributed by atoms with Crippen molar-refractivity contribution in [2.24, 2.45) is 0 Å². The maximum absolute atomic E-state index is 13.0. The van der Waals surface area contributed by atoms with Crippen LogP contribution in [0.4, 0.5) is 19.4 Å². The van der Waals surface area contributed by atoms with Gasteiger partial charge in [-0.2, -0.15) is 0 Å². The molecule has 1 aliphatic heterocycles. The Morgan fingerprint density at radius 2 is 2.19 bits per heavy atom. The molecule has 2 aromatic heterocycles. The molecule has 0 aromatic carbocycles. The van der Waals surface area contributed by atoms with Crippen molar-refractivity contribution in [2.75, 3.05) is 18.4 Å². The maximum atomic E-state index is 13.0. The highest BCUT2D eigenvalue weighted by Crippen LogP contribution is 2.22. The number of carbonyl (C=O) groups excluding carboxylic acids is 1. The van der Waals surface area contributed by atoms with Crippen LogP contribution >= 0.6 is 0 Å². The number of halogens is 2. The van der Waals surface area contributed by atoms with E-state index in [2.05, 4.69) is 15.4 Å². The minimum Gasteiger partial charge on any atom is -0.444 e. The van der Waals surface area contributed by atoms with E-state index < -0.39 is 12.0 Å². The van der Waals surface area contributed by atoms with E-state index in [1.165, 1.54) is 0 Å². The molecule has 0 aliphatic carbocycles. The minimum atomic E-state index is -2.65. The first kappa shape index (κ1) is 18.3. The predicted octanol–water partition coefficient (Wildman–Crippen LogP) is 3.48. The van der Waals surface area contributed by atoms with Gasteiger partial charge >= 0.3 is 6.09 Å². The zero-order valence-corrected chi connectivity index (χ0v) is 15.1. The molecule has 26 heavy (non-hydrogen) atoms. The van der Waals surface area contributed by atoms with Crippen molar-refractivity contribution in [1.82, 2.24) is 19.5 Å². The van der Waals surface area contributed by atoms with Crippen molar-refractivity contribution in [3.8, 4) is 0 Å². The van der Waals surface area contributed by atoms with E-state index in [-0.39, 0.29) is 17.8 Å². The molecule has 3 rings (SSSR count). The van der Waals surface area contributed by atoms with Crippen LogP contribution in [-0.4, -0.2) is 50.3 Å². The molecule has 3 heterocycles. The van der Waals surface area contributed by atoms with Crippen LogP contribution in [0.15, 0.2) is 18.3 Å². The number of anilines is 1. The number of amides is 1. The number of nitrogens with one attached hydrogen (secondary N) is 1. The highest BCUT2D eigenvalue weighted by molar-refractivity contribution is 5.69. The van der Waals surface area contributed by atoms with Gasteiger partial charge in [0, 0.05) is 13.1 Å². The first-order chi connectivity index (χ1) is 12.2. The SMILES string of the molecule is CC(C)(C)OC(=O)N1CCCC1CNc1ccc2ncc(C(F)F)n2n1. The van der Waals surface area contributed by atoms with Gasteiger partial charge in [-0.05, 0) is 45.7 Å². The number of likely N-dealkylation sites (tertiary alicyclic amines) is 1. The third-order valence-electron chi connectivity index (χ3n) is 4.14. The fourth-order valence-corrected chi connectivity index (χ4v) is 2.97. The van der Waals surface area contributed by atoms with E-state index in [0.717, 1.165) is 23.6 Å². The van der Waals surface area contributed by atoms with Crippen molar-refractivity contribution < 1.29 is 18.3 Å². The topological polar surface area (TPSA) is 71.8 Å². The Labute approximate surface area is 150 Å². The second-order valence-corrected chi connectivity index (χ2v) is 7.32. The van der Waals surface area contributed by atoms with Crippen molar-refractivity contribution in [3.05, 3.63) is 24.0 Å². The Morgan fingerprint density at radius 3 is 2.88 bits per heavy atom. The number of aromatic nitrogens is 3. The third-order valence-corrected chi connectivity index (χ3v) is 4.14. The Hall–Kier alpha value is -2.45. The molecular weight excluding hydrogens is 344 g/mol. The van der Waals surface area contributed by atoms with Gasteiger partial charge in [0.1, 0.15) is 17.1 Å². The van der Waals surface area contributed by atoms with Crippen LogP contribution in [0.5, 0.6) is 0 Å². The molecule has 1 aliphatic rings. The Kier molecular flexibility index (Phi) is 4.97. The summed E-state index contributed by atoms with van der Waals surface area (Å²) >= 11 is 0. The largest absolute Gasteiger partial charge is 0.444 e. The van der Waals surface area contributed by atoms with Crippen molar-refractivity contribution in [3.63, 3.8) is 0 Å². The highest BCUT2D eigenvalue weighted by atomic mass is 19.3. The van der Waals surface area contributed by atoms with Crippen molar-refractivity contribution in [2.45, 2.75) is 51.7 Å². The average Bonchev–Trinajstić information content (AvgIpc) is 3.17. The smallest absolute Gasteiger partial charge is 0.410 e. The molecule has 1 atom stereocenters. The van der Waals surface area contributed by atoms with Gasteiger partial charge in [-0.3, -0.25) is 0 Å². The second-order valence-electron chi connectivity index (χ2n) is 7.32. The van der Waals surface area contributed by atoms with E-state index in [1.54, 1.807) is 17.0 Å². The summed E-state index contributed by atoms with van der Waals surface area (Å²) < 4.78 is 32.6. The standard InChI is InChI=1S/C17H23F2N5O2/c1-17(2,3)26-16(25)23-8-4-5-11(23)9-20-13-6-7-14-21-10-12(15(18)19)24(14)22-13/h6-7,10-11,15H,4-5,8-9H2,1-3H3,(H,20,22). The lowest BCUT2D eigenvalue weighted by Crippen LogP contribution is -2.42. The minimum absolute atomic E-state index is 0.0281. The zero-order chi connectivity index (χ0) is 18.9. The molecule has 1 saturated heterocycles. The molecule has 0 spiro atoms. The highest BCUT2D eigenvalue weighted by Gasteiger charge is 2.32. The first-order valence-corrected chi connectivity index (χ1v) is 8.61. The summed E-state index contributed by atoms with van der Waals surface area (Å²) in [6.07, 6.45) is -0.111. The number of ether oxygens (including phenoxy) is 1. The van der Waals surface area contributed by atoms with Crippen LogP contribution < -0.4 is 5.32 Å². The predicted molar refractivity (Wildman–Crippen MR) is 92.4 cm³/mol. The summed E-state index contributed by atoms with van der Waals surface area (Å²) in [6, 6.07) is 3.28. The van der Waals surface area contributed by atoms with Gasteiger partial charge in [-0.25, -0.2) is 23.1 Å². The Bertz CT molecular complexity index is 787. The molecule has 1 unspecified atom stereocenters. The number of hydrogen-bond acceptors (Lipinski definition) is 5. The number of fused-ring (bicyclic) bond motifs is 1. The molecular formula is C17H23F2N5O2. The lowest BCUT2D eigenvalue weighted by molar-refractivity contribution is 0.0235. The molecule has 1 fully saturated rings. The van der Waals surface area contributed by atoms with E-state index in [9.17, 15) is 13.6 Å². The normalized spacial score (nSPS) is 17.9. The molecule has 1 amide bonds. The zero-order valence-electron chi connectivity index (χ0n) is 15.1. The third kappa shape index (κ3) is 4.03. The summed E-state index contributed by atoms with van der Waals surface area (Å²) in [5.74, 6) is 0.452. The summed E-state index contributed by atoms with van der Waals surface area (Å²) in [4.78, 5) is 17.9. The molecule has 0 saturated carbocycles. The Balaban J connectivity index is 1.67. The van der Waals surface area contributed by atoms with Crippen LogP contribution in [0.25, 0.3) is 5.65 Å². The van der Waals surface area contributed by atoms with E-state index in [4.69, 9.17) is 4.74 Å². The number of hydrogen-bond donors (Lipinski definition) is 1. The average molecular weight is 367 g/mol. The summed E-state index contributed by atoms with van der Waals surface area (Å²) in [6.45, 7) is 6.61. The summed E-state index contributed by atoms with van der Waals surface area (Å²) in [5.41, 5.74) is -0.431. The monoisotopic (exact) mass is 367 g/mol. The number of alkyl halides is 2. The van der Waals surface area contributed by atoms with Crippen molar-refractivity contribution in [1.29, 1.82) is 0 Å². The van der Waals surface area contributed by atoms with Crippen LogP contribution in [-0.2, 0) is 4.74 Å². The molecule has 7 nitrogen and oxygen atoms in total. The van der Waals surface area contributed by atoms with Gasteiger partial charge in [-0.15, -0.1) is 5.10 Å². The number of rotatable bonds is 4. The quantitative estimate of drug-likeness (QED) is 0.896. The Morgan fingerprint density at radius 1 is 1.42 bits per heavy atom. The van der Waals surface area contributed by atoms with Crippen LogP contribution in [0.1, 0.15) is 45.7 Å². The van der Waals surface area contributed by atoms with Crippen molar-refractivity contribution >= 4 is 17.6 Å². The lowest BCUT2D eigenvalue weighted by atomic mass is 10.2. The molecule has 142 valence electrons. The lowest BCUT2D eigenvalue weighted by Gasteiger charge is -2.28. The molecule has 0 bridgehead atoms. The fourth-order valence-electron chi connectivity index (χ4n) is 2.97. The van der Waals surface area contributed by atoms with Gasteiger partial charge < -0.3 is 15.0 Å². The summed E-state index contributed by atoms with van der Waals surface area (Å²) in [5, 5.41) is 7.30. The fraction of sp³-hybridized carbons (Fsp3) is 0.588. The molecule has 1 N–H and O–H groups in total. The van der Waals surface area contributed by atoms with Gasteiger partial charge in [0.05, 0.1) is 12.2 Å². The molecule has 0 radical (unpaired) electrons. The van der Waals surface area contributed by atoms with Gasteiger partial charge in [-0.1, -0.05) is 0 Å². The summed E-state index contributed by atoms with van der Waals surface area (Å²) in [7, 11) is 0. The number of imidazole rings is 1. The second kappa shape index (κ2) is 7.05. The van der Waals surface area contributed by atoms with Crippen LogP contribution in [0, 0.1) is 0 Å². The van der Waals surface area contributed by atoms with Gasteiger partial charge in [0.2, 0.25) is 0 Å². The van der Waals surface area contributed by atoms with Crippen LogP contribution in [0.2, 0.25) is 0 Å². The van der Waals surface area contributed by atoms with E-state index in [1.807, 2.05) is 20.8 Å². The van der Waals surface area contributed by atoms with E-state index >= 15 is 0 Å². The molecule has 9 heteroatoms. The van der Waals surface area contributed by atoms with Gasteiger partial charge in [0.15, 0.2) is 5.65 Å². The van der Waals surface area contributed by atoms with Crippen LogP contribution in [0.3, 0.4) is 0 Å².